The smallest absolute Gasteiger partial charge is 0.155 e. The average molecular weight is 313 g/mol. The van der Waals surface area contributed by atoms with E-state index < -0.39 is 9.84 Å². The van der Waals surface area contributed by atoms with Crippen LogP contribution in [0.15, 0.2) is 18.2 Å². The van der Waals surface area contributed by atoms with E-state index in [-0.39, 0.29) is 17.6 Å². The highest BCUT2D eigenvalue weighted by molar-refractivity contribution is 7.91. The maximum Gasteiger partial charge on any atom is 0.155 e. The average Bonchev–Trinajstić information content (AvgIpc) is 2.41. The molecule has 120 valence electrons. The lowest BCUT2D eigenvalue weighted by Gasteiger charge is -2.15. The molecule has 0 heterocycles. The molecule has 5 heteroatoms. The fourth-order valence-electron chi connectivity index (χ4n) is 1.95. The number of para-hydroxylation sites is 1. The van der Waals surface area contributed by atoms with Gasteiger partial charge in [-0.1, -0.05) is 25.1 Å². The second-order valence-corrected chi connectivity index (χ2v) is 8.18. The summed E-state index contributed by atoms with van der Waals surface area (Å²) in [4.78, 5) is 0. The van der Waals surface area contributed by atoms with Gasteiger partial charge in [-0.15, -0.1) is 0 Å². The summed E-state index contributed by atoms with van der Waals surface area (Å²) in [5.74, 6) is 0.862. The number of nitrogens with one attached hydrogen (secondary N) is 1. The summed E-state index contributed by atoms with van der Waals surface area (Å²) in [6, 6.07) is 5.99. The Morgan fingerprint density at radius 3 is 2.62 bits per heavy atom. The minimum absolute atomic E-state index is 0.0564. The van der Waals surface area contributed by atoms with Crippen LogP contribution in [-0.4, -0.2) is 32.6 Å². The Morgan fingerprint density at radius 1 is 1.29 bits per heavy atom. The van der Waals surface area contributed by atoms with Crippen molar-refractivity contribution in [3.63, 3.8) is 0 Å². The molecule has 1 rings (SSSR count). The molecular formula is C16H27NO3S. The van der Waals surface area contributed by atoms with Gasteiger partial charge in [0.2, 0.25) is 0 Å². The van der Waals surface area contributed by atoms with Gasteiger partial charge < -0.3 is 10.1 Å². The molecule has 0 saturated heterocycles. The van der Waals surface area contributed by atoms with Gasteiger partial charge in [0.1, 0.15) is 12.4 Å². The van der Waals surface area contributed by atoms with Crippen molar-refractivity contribution in [2.75, 3.05) is 18.9 Å². The monoisotopic (exact) mass is 313 g/mol. The summed E-state index contributed by atoms with van der Waals surface area (Å²) in [7, 11) is -3.06. The highest BCUT2D eigenvalue weighted by Crippen LogP contribution is 2.23. The lowest BCUT2D eigenvalue weighted by Crippen LogP contribution is -2.22. The number of aryl methyl sites for hydroxylation is 1. The van der Waals surface area contributed by atoms with Crippen LogP contribution in [0.2, 0.25) is 0 Å². The zero-order valence-corrected chi connectivity index (χ0v) is 14.3. The molecule has 0 aromatic heterocycles. The second-order valence-electron chi connectivity index (χ2n) is 5.50. The number of benzene rings is 1. The Morgan fingerprint density at radius 2 is 2.00 bits per heavy atom. The Hall–Kier alpha value is -1.07. The van der Waals surface area contributed by atoms with E-state index in [9.17, 15) is 8.42 Å². The third-order valence-electron chi connectivity index (χ3n) is 3.37. The molecule has 0 bridgehead atoms. The van der Waals surface area contributed by atoms with Crippen molar-refractivity contribution >= 4 is 9.84 Å². The number of rotatable bonds is 9. The van der Waals surface area contributed by atoms with Gasteiger partial charge in [-0.3, -0.25) is 0 Å². The van der Waals surface area contributed by atoms with E-state index in [2.05, 4.69) is 12.2 Å². The third kappa shape index (κ3) is 5.67. The van der Waals surface area contributed by atoms with E-state index in [0.717, 1.165) is 36.4 Å². The molecule has 0 saturated carbocycles. The van der Waals surface area contributed by atoms with Crippen molar-refractivity contribution < 1.29 is 13.2 Å². The number of hydrogen-bond acceptors (Lipinski definition) is 4. The highest BCUT2D eigenvalue weighted by atomic mass is 32.2. The molecule has 0 atom stereocenters. The molecule has 1 aromatic rings. The molecule has 1 N–H and O–H groups in total. The van der Waals surface area contributed by atoms with Gasteiger partial charge >= 0.3 is 0 Å². The Bertz CT molecular complexity index is 538. The first kappa shape index (κ1) is 18.0. The lowest BCUT2D eigenvalue weighted by molar-refractivity contribution is 0.333. The summed E-state index contributed by atoms with van der Waals surface area (Å²) < 4.78 is 29.4. The quantitative estimate of drug-likeness (QED) is 0.712. The zero-order chi connectivity index (χ0) is 15.9. The topological polar surface area (TPSA) is 55.4 Å². The van der Waals surface area contributed by atoms with Crippen molar-refractivity contribution in [1.82, 2.24) is 5.32 Å². The van der Waals surface area contributed by atoms with E-state index in [1.165, 1.54) is 0 Å². The van der Waals surface area contributed by atoms with Crippen molar-refractivity contribution in [3.8, 4) is 5.75 Å². The van der Waals surface area contributed by atoms with E-state index in [1.807, 2.05) is 25.1 Å². The largest absolute Gasteiger partial charge is 0.492 e. The fourth-order valence-corrected chi connectivity index (χ4v) is 2.74. The zero-order valence-electron chi connectivity index (χ0n) is 13.5. The molecule has 0 unspecified atom stereocenters. The van der Waals surface area contributed by atoms with Crippen molar-refractivity contribution in [3.05, 3.63) is 29.3 Å². The second kappa shape index (κ2) is 8.39. The van der Waals surface area contributed by atoms with E-state index in [1.54, 1.807) is 13.8 Å². The van der Waals surface area contributed by atoms with E-state index in [0.29, 0.717) is 0 Å². The molecule has 0 amide bonds. The van der Waals surface area contributed by atoms with Crippen LogP contribution in [0.5, 0.6) is 5.75 Å². The molecule has 0 spiro atoms. The first-order chi connectivity index (χ1) is 9.88. The number of hydrogen-bond donors (Lipinski definition) is 1. The van der Waals surface area contributed by atoms with Gasteiger partial charge in [-0.2, -0.15) is 0 Å². The van der Waals surface area contributed by atoms with Gasteiger partial charge in [0.15, 0.2) is 9.84 Å². The van der Waals surface area contributed by atoms with E-state index in [4.69, 9.17) is 4.74 Å². The first-order valence-corrected chi connectivity index (χ1v) is 9.23. The van der Waals surface area contributed by atoms with Gasteiger partial charge in [0.25, 0.3) is 0 Å². The standard InChI is InChI=1S/C16H27NO3S/c1-5-9-17-12-15-8-6-7-14(4)16(15)20-10-11-21(18,19)13(2)3/h6-8,13,17H,5,9-12H2,1-4H3. The summed E-state index contributed by atoms with van der Waals surface area (Å²) >= 11 is 0. The van der Waals surface area contributed by atoms with Gasteiger partial charge in [-0.05, 0) is 39.3 Å². The predicted octanol–water partition coefficient (Wildman–Crippen LogP) is 2.70. The van der Waals surface area contributed by atoms with Crippen LogP contribution in [-0.2, 0) is 16.4 Å². The van der Waals surface area contributed by atoms with Crippen molar-refractivity contribution in [2.45, 2.75) is 45.9 Å². The van der Waals surface area contributed by atoms with Crippen LogP contribution in [0.25, 0.3) is 0 Å². The van der Waals surface area contributed by atoms with Crippen molar-refractivity contribution in [1.29, 1.82) is 0 Å². The minimum atomic E-state index is -3.06. The molecule has 0 fully saturated rings. The molecular weight excluding hydrogens is 286 g/mol. The van der Waals surface area contributed by atoms with Crippen LogP contribution in [0.4, 0.5) is 0 Å². The third-order valence-corrected chi connectivity index (χ3v) is 5.54. The van der Waals surface area contributed by atoms with Crippen LogP contribution in [0.1, 0.15) is 38.3 Å². The highest BCUT2D eigenvalue weighted by Gasteiger charge is 2.16. The summed E-state index contributed by atoms with van der Waals surface area (Å²) in [6.45, 7) is 9.39. The van der Waals surface area contributed by atoms with Crippen LogP contribution in [0.3, 0.4) is 0 Å². The van der Waals surface area contributed by atoms with Crippen molar-refractivity contribution in [2.24, 2.45) is 0 Å². The molecule has 0 aliphatic carbocycles. The molecule has 1 aromatic carbocycles. The molecule has 21 heavy (non-hydrogen) atoms. The first-order valence-electron chi connectivity index (χ1n) is 7.52. The maximum atomic E-state index is 11.8. The summed E-state index contributed by atoms with van der Waals surface area (Å²) in [5, 5.41) is 2.99. The molecule has 0 radical (unpaired) electrons. The normalized spacial score (nSPS) is 11.9. The molecule has 4 nitrogen and oxygen atoms in total. The minimum Gasteiger partial charge on any atom is -0.492 e. The Balaban J connectivity index is 2.69. The SMILES string of the molecule is CCCNCc1cccc(C)c1OCCS(=O)(=O)C(C)C. The Kier molecular flexibility index (Phi) is 7.18. The number of sulfone groups is 1. The maximum absolute atomic E-state index is 11.8. The van der Waals surface area contributed by atoms with Crippen LogP contribution >= 0.6 is 0 Å². The van der Waals surface area contributed by atoms with Gasteiger partial charge in [0, 0.05) is 12.1 Å². The van der Waals surface area contributed by atoms with Gasteiger partial charge in [-0.25, -0.2) is 8.42 Å². The van der Waals surface area contributed by atoms with Gasteiger partial charge in [0.05, 0.1) is 11.0 Å². The predicted molar refractivity (Wildman–Crippen MR) is 87.6 cm³/mol. The number of ether oxygens (including phenoxy) is 1. The van der Waals surface area contributed by atoms with Crippen LogP contribution < -0.4 is 10.1 Å². The van der Waals surface area contributed by atoms with Crippen LogP contribution in [0, 0.1) is 6.92 Å². The molecule has 0 aliphatic heterocycles. The van der Waals surface area contributed by atoms with E-state index >= 15 is 0 Å². The summed E-state index contributed by atoms with van der Waals surface area (Å²) in [5.41, 5.74) is 2.11. The Labute approximate surface area is 128 Å². The molecule has 0 aliphatic rings. The fraction of sp³-hybridized carbons (Fsp3) is 0.625. The summed E-state index contributed by atoms with van der Waals surface area (Å²) in [6.07, 6.45) is 1.08. The lowest BCUT2D eigenvalue weighted by atomic mass is 10.1.